The number of rotatable bonds is 5. The molecule has 0 atom stereocenters. The van der Waals surface area contributed by atoms with Gasteiger partial charge in [-0.15, -0.1) is 0 Å². The van der Waals surface area contributed by atoms with Crippen molar-refractivity contribution < 1.29 is 4.74 Å². The van der Waals surface area contributed by atoms with Crippen molar-refractivity contribution >= 4 is 11.4 Å². The molecule has 0 heterocycles. The van der Waals surface area contributed by atoms with Gasteiger partial charge in [-0.3, -0.25) is 0 Å². The molecule has 0 fully saturated rings. The summed E-state index contributed by atoms with van der Waals surface area (Å²) in [5.74, 6) is 0.870. The number of hydrogen-bond acceptors (Lipinski definition) is 3. The van der Waals surface area contributed by atoms with Gasteiger partial charge in [-0.25, -0.2) is 0 Å². The predicted octanol–water partition coefficient (Wildman–Crippen LogP) is 6.30. The smallest absolute Gasteiger partial charge is 0.122 e. The van der Waals surface area contributed by atoms with Gasteiger partial charge in [0.1, 0.15) is 12.4 Å². The Balaban J connectivity index is 1.66. The Morgan fingerprint density at radius 1 is 0.750 bits per heavy atom. The summed E-state index contributed by atoms with van der Waals surface area (Å²) in [6.45, 7) is 4.66. The summed E-state index contributed by atoms with van der Waals surface area (Å²) < 4.78 is 5.91. The first-order chi connectivity index (χ1) is 11.7. The SMILES string of the molecule is Cc1ccc(COc2ccc(N=Nc3ccccc3)cc2C)cc1. The summed E-state index contributed by atoms with van der Waals surface area (Å²) in [4.78, 5) is 0. The Bertz CT molecular complexity index is 824. The van der Waals surface area contributed by atoms with E-state index < -0.39 is 0 Å². The van der Waals surface area contributed by atoms with Crippen LogP contribution in [0.15, 0.2) is 83.0 Å². The molecular formula is C21H20N2O. The van der Waals surface area contributed by atoms with E-state index in [4.69, 9.17) is 4.74 Å². The molecule has 0 N–H and O–H groups in total. The minimum atomic E-state index is 0.562. The van der Waals surface area contributed by atoms with E-state index in [0.29, 0.717) is 6.61 Å². The Labute approximate surface area is 142 Å². The van der Waals surface area contributed by atoms with Crippen LogP contribution >= 0.6 is 0 Å². The standard InChI is InChI=1S/C21H20N2O/c1-16-8-10-18(11-9-16)15-24-21-13-12-20(14-17(21)2)23-22-19-6-4-3-5-7-19/h3-14H,15H2,1-2H3. The lowest BCUT2D eigenvalue weighted by molar-refractivity contribution is 0.304. The van der Waals surface area contributed by atoms with Gasteiger partial charge in [0, 0.05) is 0 Å². The van der Waals surface area contributed by atoms with Crippen molar-refractivity contribution in [2.24, 2.45) is 10.2 Å². The number of azo groups is 1. The number of aryl methyl sites for hydroxylation is 2. The number of nitrogens with zero attached hydrogens (tertiary/aromatic N) is 2. The summed E-state index contributed by atoms with van der Waals surface area (Å²) in [7, 11) is 0. The highest BCUT2D eigenvalue weighted by Crippen LogP contribution is 2.26. The molecule has 3 rings (SSSR count). The first-order valence-corrected chi connectivity index (χ1v) is 7.96. The third-order valence-corrected chi connectivity index (χ3v) is 3.71. The zero-order valence-corrected chi connectivity index (χ0v) is 13.9. The van der Waals surface area contributed by atoms with Crippen molar-refractivity contribution in [3.8, 4) is 5.75 Å². The van der Waals surface area contributed by atoms with Crippen LogP contribution in [-0.4, -0.2) is 0 Å². The number of benzene rings is 3. The van der Waals surface area contributed by atoms with Crippen molar-refractivity contribution in [2.45, 2.75) is 20.5 Å². The lowest BCUT2D eigenvalue weighted by Gasteiger charge is -2.09. The molecule has 0 saturated heterocycles. The fourth-order valence-electron chi connectivity index (χ4n) is 2.31. The molecule has 0 amide bonds. The summed E-state index contributed by atoms with van der Waals surface area (Å²) in [6.07, 6.45) is 0. The highest BCUT2D eigenvalue weighted by atomic mass is 16.5. The van der Waals surface area contributed by atoms with E-state index >= 15 is 0 Å². The van der Waals surface area contributed by atoms with E-state index in [-0.39, 0.29) is 0 Å². The zero-order chi connectivity index (χ0) is 16.8. The quantitative estimate of drug-likeness (QED) is 0.509. The van der Waals surface area contributed by atoms with Crippen LogP contribution in [0.25, 0.3) is 0 Å². The van der Waals surface area contributed by atoms with Crippen LogP contribution in [0.5, 0.6) is 5.75 Å². The molecule has 120 valence electrons. The van der Waals surface area contributed by atoms with Gasteiger partial charge in [-0.2, -0.15) is 10.2 Å². The molecule has 0 aliphatic rings. The molecular weight excluding hydrogens is 296 g/mol. The van der Waals surface area contributed by atoms with Crippen LogP contribution in [0.3, 0.4) is 0 Å². The van der Waals surface area contributed by atoms with Crippen LogP contribution in [0.4, 0.5) is 11.4 Å². The van der Waals surface area contributed by atoms with Gasteiger partial charge >= 0.3 is 0 Å². The normalized spacial score (nSPS) is 10.9. The second kappa shape index (κ2) is 7.55. The molecule has 24 heavy (non-hydrogen) atoms. The monoisotopic (exact) mass is 316 g/mol. The summed E-state index contributed by atoms with van der Waals surface area (Å²) in [5.41, 5.74) is 5.12. The average Bonchev–Trinajstić information content (AvgIpc) is 2.61. The van der Waals surface area contributed by atoms with Crippen LogP contribution in [0.1, 0.15) is 16.7 Å². The molecule has 0 aliphatic carbocycles. The minimum Gasteiger partial charge on any atom is -0.489 e. The van der Waals surface area contributed by atoms with Gasteiger partial charge in [0.25, 0.3) is 0 Å². The van der Waals surface area contributed by atoms with E-state index in [1.54, 1.807) is 0 Å². The fourth-order valence-corrected chi connectivity index (χ4v) is 2.31. The largest absolute Gasteiger partial charge is 0.489 e. The topological polar surface area (TPSA) is 34.0 Å². The van der Waals surface area contributed by atoms with Crippen molar-refractivity contribution in [3.05, 3.63) is 89.5 Å². The van der Waals surface area contributed by atoms with E-state index in [1.807, 2.05) is 55.5 Å². The maximum Gasteiger partial charge on any atom is 0.122 e. The van der Waals surface area contributed by atoms with E-state index in [2.05, 4.69) is 41.4 Å². The fraction of sp³-hybridized carbons (Fsp3) is 0.143. The summed E-state index contributed by atoms with van der Waals surface area (Å²) in [6, 6.07) is 23.9. The Morgan fingerprint density at radius 3 is 2.17 bits per heavy atom. The Morgan fingerprint density at radius 2 is 1.46 bits per heavy atom. The third kappa shape index (κ3) is 4.29. The predicted molar refractivity (Wildman–Crippen MR) is 97.3 cm³/mol. The molecule has 0 aromatic heterocycles. The van der Waals surface area contributed by atoms with Gasteiger partial charge in [0.05, 0.1) is 11.4 Å². The van der Waals surface area contributed by atoms with Gasteiger partial charge in [-0.05, 0) is 55.3 Å². The molecule has 3 aromatic rings. The second-order valence-corrected chi connectivity index (χ2v) is 5.76. The molecule has 3 heteroatoms. The molecule has 0 radical (unpaired) electrons. The van der Waals surface area contributed by atoms with Crippen molar-refractivity contribution in [1.82, 2.24) is 0 Å². The molecule has 0 saturated carbocycles. The third-order valence-electron chi connectivity index (χ3n) is 3.71. The van der Waals surface area contributed by atoms with Crippen molar-refractivity contribution in [3.63, 3.8) is 0 Å². The Hall–Kier alpha value is -2.94. The first-order valence-electron chi connectivity index (χ1n) is 7.96. The highest BCUT2D eigenvalue weighted by molar-refractivity contribution is 5.47. The second-order valence-electron chi connectivity index (χ2n) is 5.76. The minimum absolute atomic E-state index is 0.562. The molecule has 0 spiro atoms. The number of ether oxygens (including phenoxy) is 1. The Kier molecular flexibility index (Phi) is 5.02. The molecule has 0 bridgehead atoms. The number of hydrogen-bond donors (Lipinski definition) is 0. The van der Waals surface area contributed by atoms with Crippen LogP contribution in [0.2, 0.25) is 0 Å². The summed E-state index contributed by atoms with van der Waals surface area (Å²) >= 11 is 0. The van der Waals surface area contributed by atoms with Crippen LogP contribution in [0, 0.1) is 13.8 Å². The molecule has 3 aromatic carbocycles. The van der Waals surface area contributed by atoms with Crippen LogP contribution < -0.4 is 4.74 Å². The van der Waals surface area contributed by atoms with Crippen LogP contribution in [-0.2, 0) is 6.61 Å². The highest BCUT2D eigenvalue weighted by Gasteiger charge is 2.02. The summed E-state index contributed by atoms with van der Waals surface area (Å²) in [5, 5.41) is 8.51. The molecule has 3 nitrogen and oxygen atoms in total. The van der Waals surface area contributed by atoms with Gasteiger partial charge in [0.2, 0.25) is 0 Å². The maximum atomic E-state index is 5.91. The van der Waals surface area contributed by atoms with Gasteiger partial charge in [0.15, 0.2) is 0 Å². The maximum absolute atomic E-state index is 5.91. The lowest BCUT2D eigenvalue weighted by atomic mass is 10.1. The molecule has 0 aliphatic heterocycles. The van der Waals surface area contributed by atoms with Gasteiger partial charge < -0.3 is 4.74 Å². The van der Waals surface area contributed by atoms with Crippen molar-refractivity contribution in [1.29, 1.82) is 0 Å². The zero-order valence-electron chi connectivity index (χ0n) is 13.9. The molecule has 0 unspecified atom stereocenters. The van der Waals surface area contributed by atoms with E-state index in [1.165, 1.54) is 5.56 Å². The average molecular weight is 316 g/mol. The van der Waals surface area contributed by atoms with E-state index in [0.717, 1.165) is 28.3 Å². The first kappa shape index (κ1) is 15.9. The van der Waals surface area contributed by atoms with Crippen molar-refractivity contribution in [2.75, 3.05) is 0 Å². The lowest BCUT2D eigenvalue weighted by Crippen LogP contribution is -1.96. The van der Waals surface area contributed by atoms with E-state index in [9.17, 15) is 0 Å². The van der Waals surface area contributed by atoms with Gasteiger partial charge in [-0.1, -0.05) is 48.0 Å².